The van der Waals surface area contributed by atoms with Gasteiger partial charge in [-0.1, -0.05) is 46.1 Å². The molecule has 0 radical (unpaired) electrons. The monoisotopic (exact) mass is 819 g/mol. The molecule has 9 rings (SSSR count). The van der Waals surface area contributed by atoms with Gasteiger partial charge in [0.25, 0.3) is 23.5 Å². The number of aromatic nitrogens is 1. The predicted octanol–water partition coefficient (Wildman–Crippen LogP) is 5.06. The summed E-state index contributed by atoms with van der Waals surface area (Å²) in [6, 6.07) is 10.6. The van der Waals surface area contributed by atoms with E-state index < -0.39 is 64.2 Å². The lowest BCUT2D eigenvalue weighted by Crippen LogP contribution is -2.74. The fourth-order valence-corrected chi connectivity index (χ4v) is 10.4. The van der Waals surface area contributed by atoms with E-state index >= 15 is 0 Å². The number of hydrogen-bond acceptors (Lipinski definition) is 9. The average Bonchev–Trinajstić information content (AvgIpc) is 3.59. The van der Waals surface area contributed by atoms with Crippen LogP contribution in [0.2, 0.25) is 0 Å². The van der Waals surface area contributed by atoms with Crippen molar-refractivity contribution >= 4 is 41.0 Å². The molecule has 2 aromatic carbocycles. The molecule has 3 saturated heterocycles. The summed E-state index contributed by atoms with van der Waals surface area (Å²) in [6.45, 7) is 18.3. The summed E-state index contributed by atoms with van der Waals surface area (Å²) in [5.41, 5.74) is 1.20. The number of piperidine rings is 1. The molecule has 1 aliphatic carbocycles. The van der Waals surface area contributed by atoms with Gasteiger partial charge in [0.2, 0.25) is 11.8 Å². The largest absolute Gasteiger partial charge is 0.485 e. The Kier molecular flexibility index (Phi) is 8.91. The van der Waals surface area contributed by atoms with Gasteiger partial charge in [0.15, 0.2) is 11.9 Å². The van der Waals surface area contributed by atoms with Crippen LogP contribution >= 0.6 is 0 Å². The van der Waals surface area contributed by atoms with Crippen LogP contribution in [-0.2, 0) is 22.3 Å². The number of halogens is 3. The smallest absolute Gasteiger partial charge is 0.409 e. The minimum atomic E-state index is -4.76. The van der Waals surface area contributed by atoms with E-state index in [2.05, 4.69) is 36.8 Å². The first-order chi connectivity index (χ1) is 28.4. The third-order valence-electron chi connectivity index (χ3n) is 13.0. The Labute approximate surface area is 343 Å². The van der Waals surface area contributed by atoms with Gasteiger partial charge in [0.1, 0.15) is 12.1 Å². The van der Waals surface area contributed by atoms with Crippen molar-refractivity contribution in [3.63, 3.8) is 0 Å². The normalized spacial score (nSPS) is 24.7. The van der Waals surface area contributed by atoms with Gasteiger partial charge in [-0.05, 0) is 54.4 Å². The second kappa shape index (κ2) is 13.6. The van der Waals surface area contributed by atoms with Crippen LogP contribution in [0.25, 0.3) is 4.85 Å². The molecule has 6 heterocycles. The lowest BCUT2D eigenvalue weighted by atomic mass is 9.49. The first-order valence-electron chi connectivity index (χ1n) is 19.8. The summed E-state index contributed by atoms with van der Waals surface area (Å²) in [5.74, 6) is 3.82. The van der Waals surface area contributed by atoms with Gasteiger partial charge in [-0.15, -0.1) is 4.98 Å². The molecule has 1 unspecified atom stereocenters. The van der Waals surface area contributed by atoms with Crippen molar-refractivity contribution in [3.8, 4) is 17.6 Å². The number of rotatable bonds is 6. The minimum Gasteiger partial charge on any atom is -0.485 e. The van der Waals surface area contributed by atoms with Crippen LogP contribution in [0.1, 0.15) is 88.3 Å². The number of carbonyl (C=O) groups is 5. The van der Waals surface area contributed by atoms with Gasteiger partial charge in [-0.3, -0.25) is 39.1 Å². The maximum absolute atomic E-state index is 13.8. The molecule has 3 aromatic rings. The number of anilines is 1. The molecule has 1 atom stereocenters. The van der Waals surface area contributed by atoms with Crippen LogP contribution in [0, 0.1) is 35.2 Å². The van der Waals surface area contributed by atoms with E-state index in [1.54, 1.807) is 12.1 Å². The van der Waals surface area contributed by atoms with Crippen LogP contribution in [0.3, 0.4) is 0 Å². The molecule has 13 nitrogen and oxygen atoms in total. The highest BCUT2D eigenvalue weighted by Crippen LogP contribution is 2.59. The lowest BCUT2D eigenvalue weighted by Gasteiger charge is -2.65. The first kappa shape index (κ1) is 39.2. The van der Waals surface area contributed by atoms with Gasteiger partial charge < -0.3 is 19.4 Å². The maximum Gasteiger partial charge on any atom is 0.409 e. The Morgan fingerprint density at radius 3 is 2.28 bits per heavy atom. The molecule has 1 aromatic heterocycles. The fraction of sp³-hybridized carbons (Fsp3) is 0.432. The predicted molar refractivity (Wildman–Crippen MR) is 209 cm³/mol. The Hall–Kier alpha value is -6.26. The zero-order valence-corrected chi connectivity index (χ0v) is 33.2. The highest BCUT2D eigenvalue weighted by atomic mass is 19.4. The van der Waals surface area contributed by atoms with Crippen LogP contribution in [0.15, 0.2) is 48.7 Å². The Balaban J connectivity index is 0.788. The van der Waals surface area contributed by atoms with Gasteiger partial charge in [0, 0.05) is 84.8 Å². The van der Waals surface area contributed by atoms with Crippen molar-refractivity contribution in [3.05, 3.63) is 93.5 Å². The molecule has 16 heteroatoms. The maximum atomic E-state index is 13.8. The van der Waals surface area contributed by atoms with Crippen LogP contribution in [0.4, 0.5) is 24.7 Å². The summed E-state index contributed by atoms with van der Waals surface area (Å²) in [5, 5.41) is 2.22. The molecule has 1 saturated carbocycles. The van der Waals surface area contributed by atoms with E-state index in [4.69, 9.17) is 11.3 Å². The third kappa shape index (κ3) is 6.19. The number of nitrogens with zero attached hydrogens (tertiary/aromatic N) is 6. The quantitative estimate of drug-likeness (QED) is 0.206. The van der Waals surface area contributed by atoms with Crippen molar-refractivity contribution in [2.45, 2.75) is 77.5 Å². The highest BCUT2D eigenvalue weighted by Gasteiger charge is 2.67. The molecule has 4 fully saturated rings. The number of fused-ring (bicyclic) bond motifs is 2. The number of hydrogen-bond donors (Lipinski definition) is 1. The summed E-state index contributed by atoms with van der Waals surface area (Å²) < 4.78 is 47.0. The molecule has 308 valence electrons. The molecular weight excluding hydrogens is 780 g/mol. The zero-order valence-electron chi connectivity index (χ0n) is 33.2. The lowest BCUT2D eigenvalue weighted by molar-refractivity contribution is -0.199. The molecule has 60 heavy (non-hydrogen) atoms. The summed E-state index contributed by atoms with van der Waals surface area (Å²) in [7, 11) is 0. The van der Waals surface area contributed by atoms with E-state index in [0.29, 0.717) is 18.2 Å². The topological polar surface area (TPSA) is 137 Å². The van der Waals surface area contributed by atoms with Gasteiger partial charge in [-0.25, -0.2) is 0 Å². The molecule has 1 N–H and O–H groups in total. The van der Waals surface area contributed by atoms with Gasteiger partial charge >= 0.3 is 6.18 Å². The Bertz CT molecular complexity index is 2510. The van der Waals surface area contributed by atoms with E-state index in [-0.39, 0.29) is 47.6 Å². The zero-order chi connectivity index (χ0) is 42.6. The average molecular weight is 820 g/mol. The summed E-state index contributed by atoms with van der Waals surface area (Å²) in [6.07, 6.45) is -4.00. The standard InChI is InChI=1S/C44H40F3N7O6/c1-42(2)40(43(3,4)41(42)60-28-16-32(44(45,46)47)35(48-5)49-17-28)53-20-25-14-23(8-10-29(25)37(53)57)6-7-24-18-51(19-24)27-21-52(22-27)26-9-11-30-31(15-26)39(59)54(38(30)58)33-12-13-34(55)50-36(33)56/h8-11,14-17,24,27,33,40-41H,12-13,18-22H2,1-4H3,(H,50,55,56). The van der Waals surface area contributed by atoms with Crippen molar-refractivity contribution in [2.75, 3.05) is 31.1 Å². The Morgan fingerprint density at radius 1 is 0.900 bits per heavy atom. The highest BCUT2D eigenvalue weighted by molar-refractivity contribution is 6.23. The van der Waals surface area contributed by atoms with E-state index in [1.807, 2.05) is 56.9 Å². The second-order valence-electron chi connectivity index (χ2n) is 17.7. The number of imide groups is 2. The number of likely N-dealkylation sites (tertiary alicyclic amines) is 1. The van der Waals surface area contributed by atoms with Crippen molar-refractivity contribution in [1.82, 2.24) is 25.0 Å². The summed E-state index contributed by atoms with van der Waals surface area (Å²) in [4.78, 5) is 78.0. The summed E-state index contributed by atoms with van der Waals surface area (Å²) >= 11 is 0. The van der Waals surface area contributed by atoms with Gasteiger partial charge in [0.05, 0.1) is 16.7 Å². The van der Waals surface area contributed by atoms with Crippen molar-refractivity contribution in [1.29, 1.82) is 0 Å². The molecule has 5 aliphatic heterocycles. The van der Waals surface area contributed by atoms with Crippen molar-refractivity contribution in [2.24, 2.45) is 16.7 Å². The number of amides is 5. The van der Waals surface area contributed by atoms with Crippen LogP contribution in [0.5, 0.6) is 5.75 Å². The van der Waals surface area contributed by atoms with E-state index in [0.717, 1.165) is 60.2 Å². The number of nitrogens with one attached hydrogen (secondary N) is 1. The van der Waals surface area contributed by atoms with Crippen LogP contribution in [-0.4, -0.2) is 99.6 Å². The SMILES string of the molecule is [C-]#[N+]c1ncc(OC2C(C)(C)C(N3Cc4cc(C#CC5CN(C6CN(c7ccc8c(c7)C(=O)N(C7CCC(=O)NC7=O)C8=O)C6)C5)ccc4C3=O)C2(C)C)cc1C(F)(F)F. The molecule has 0 bridgehead atoms. The minimum absolute atomic E-state index is 0.0637. The number of alkyl halides is 3. The van der Waals surface area contributed by atoms with Gasteiger partial charge in [-0.2, -0.15) is 13.2 Å². The number of benzene rings is 2. The second-order valence-corrected chi connectivity index (χ2v) is 17.7. The fourth-order valence-electron chi connectivity index (χ4n) is 10.4. The van der Waals surface area contributed by atoms with E-state index in [1.165, 1.54) is 0 Å². The number of pyridine rings is 1. The number of ether oxygens (including phenoxy) is 1. The Morgan fingerprint density at radius 2 is 1.60 bits per heavy atom. The van der Waals surface area contributed by atoms with E-state index in [9.17, 15) is 37.1 Å². The molecule has 6 aliphatic rings. The molecule has 5 amide bonds. The number of carbonyl (C=O) groups excluding carboxylic acids is 5. The molecular formula is C44H40F3N7O6. The third-order valence-corrected chi connectivity index (χ3v) is 13.0. The van der Waals surface area contributed by atoms with Crippen LogP contribution < -0.4 is 15.0 Å². The first-order valence-corrected chi connectivity index (χ1v) is 19.8. The van der Waals surface area contributed by atoms with Crippen molar-refractivity contribution < 1.29 is 41.9 Å². The molecule has 0 spiro atoms.